The van der Waals surface area contributed by atoms with E-state index in [2.05, 4.69) is 10.6 Å². The number of anilines is 2. The van der Waals surface area contributed by atoms with Crippen molar-refractivity contribution in [2.75, 3.05) is 23.7 Å². The SMILES string of the molecule is CC(=O)Nc1ccc(NC(=O)C2CCN(C(=O)CCc3ccccc3)CC2)c(Cl)c1. The molecular formula is C23H26ClN3O3. The molecule has 6 nitrogen and oxygen atoms in total. The van der Waals surface area contributed by atoms with E-state index in [9.17, 15) is 14.4 Å². The first kappa shape index (κ1) is 21.8. The summed E-state index contributed by atoms with van der Waals surface area (Å²) >= 11 is 6.23. The molecule has 0 radical (unpaired) electrons. The number of halogens is 1. The summed E-state index contributed by atoms with van der Waals surface area (Å²) in [5.41, 5.74) is 2.24. The molecule has 1 aliphatic heterocycles. The van der Waals surface area contributed by atoms with E-state index in [-0.39, 0.29) is 23.6 Å². The molecule has 158 valence electrons. The van der Waals surface area contributed by atoms with Gasteiger partial charge in [-0.1, -0.05) is 41.9 Å². The van der Waals surface area contributed by atoms with Gasteiger partial charge in [0.2, 0.25) is 17.7 Å². The summed E-state index contributed by atoms with van der Waals surface area (Å²) in [6.45, 7) is 2.59. The van der Waals surface area contributed by atoms with Crippen molar-refractivity contribution in [2.24, 2.45) is 5.92 Å². The Labute approximate surface area is 181 Å². The van der Waals surface area contributed by atoms with Crippen LogP contribution < -0.4 is 10.6 Å². The van der Waals surface area contributed by atoms with Gasteiger partial charge in [0.05, 0.1) is 10.7 Å². The highest BCUT2D eigenvalue weighted by Crippen LogP contribution is 2.27. The highest BCUT2D eigenvalue weighted by molar-refractivity contribution is 6.34. The smallest absolute Gasteiger partial charge is 0.227 e. The third kappa shape index (κ3) is 6.07. The standard InChI is InChI=1S/C23H26ClN3O3/c1-16(28)25-19-8-9-21(20(24)15-19)26-23(30)18-11-13-27(14-12-18)22(29)10-7-17-5-3-2-4-6-17/h2-6,8-9,15,18H,7,10-14H2,1H3,(H,25,28)(H,26,30). The maximum absolute atomic E-state index is 12.6. The molecule has 2 aromatic carbocycles. The number of amides is 3. The summed E-state index contributed by atoms with van der Waals surface area (Å²) in [5.74, 6) is -0.308. The van der Waals surface area contributed by atoms with E-state index in [0.29, 0.717) is 48.7 Å². The molecule has 0 saturated carbocycles. The number of likely N-dealkylation sites (tertiary alicyclic amines) is 1. The minimum Gasteiger partial charge on any atom is -0.343 e. The molecule has 0 atom stereocenters. The number of carbonyl (C=O) groups excluding carboxylic acids is 3. The maximum atomic E-state index is 12.6. The minimum atomic E-state index is -0.187. The number of piperidine rings is 1. The Morgan fingerprint density at radius 2 is 1.73 bits per heavy atom. The van der Waals surface area contributed by atoms with E-state index >= 15 is 0 Å². The van der Waals surface area contributed by atoms with E-state index in [1.165, 1.54) is 6.92 Å². The van der Waals surface area contributed by atoms with Crippen LogP contribution in [-0.4, -0.2) is 35.7 Å². The third-order valence-corrected chi connectivity index (χ3v) is 5.55. The van der Waals surface area contributed by atoms with Crippen LogP contribution in [0.2, 0.25) is 5.02 Å². The lowest BCUT2D eigenvalue weighted by molar-refractivity contribution is -0.134. The molecule has 1 heterocycles. The first-order valence-corrected chi connectivity index (χ1v) is 10.5. The van der Waals surface area contributed by atoms with Crippen LogP contribution in [-0.2, 0) is 20.8 Å². The Bertz CT molecular complexity index is 909. The normalized spacial score (nSPS) is 14.3. The second-order valence-corrected chi connectivity index (χ2v) is 7.91. The van der Waals surface area contributed by atoms with E-state index in [4.69, 9.17) is 11.6 Å². The number of hydrogen-bond donors (Lipinski definition) is 2. The van der Waals surface area contributed by atoms with Gasteiger partial charge in [0.15, 0.2) is 0 Å². The number of aryl methyl sites for hydroxylation is 1. The lowest BCUT2D eigenvalue weighted by Crippen LogP contribution is -2.41. The van der Waals surface area contributed by atoms with Crippen molar-refractivity contribution in [1.29, 1.82) is 0 Å². The molecule has 1 aliphatic rings. The van der Waals surface area contributed by atoms with Gasteiger partial charge in [-0.3, -0.25) is 14.4 Å². The first-order valence-electron chi connectivity index (χ1n) is 10.1. The molecule has 0 bridgehead atoms. The molecule has 0 unspecified atom stereocenters. The van der Waals surface area contributed by atoms with Crippen molar-refractivity contribution in [1.82, 2.24) is 4.90 Å². The fraction of sp³-hybridized carbons (Fsp3) is 0.348. The van der Waals surface area contributed by atoms with Crippen LogP contribution in [0.1, 0.15) is 31.7 Å². The van der Waals surface area contributed by atoms with E-state index in [1.807, 2.05) is 35.2 Å². The number of carbonyl (C=O) groups is 3. The monoisotopic (exact) mass is 427 g/mol. The van der Waals surface area contributed by atoms with Crippen LogP contribution in [0.5, 0.6) is 0 Å². The zero-order valence-electron chi connectivity index (χ0n) is 17.0. The van der Waals surface area contributed by atoms with E-state index in [1.54, 1.807) is 18.2 Å². The van der Waals surface area contributed by atoms with Crippen molar-refractivity contribution in [3.63, 3.8) is 0 Å². The van der Waals surface area contributed by atoms with Gasteiger partial charge >= 0.3 is 0 Å². The van der Waals surface area contributed by atoms with Gasteiger partial charge in [-0.2, -0.15) is 0 Å². The number of nitrogens with one attached hydrogen (secondary N) is 2. The largest absolute Gasteiger partial charge is 0.343 e. The van der Waals surface area contributed by atoms with Crippen LogP contribution in [0.4, 0.5) is 11.4 Å². The third-order valence-electron chi connectivity index (χ3n) is 5.24. The van der Waals surface area contributed by atoms with Gasteiger partial charge < -0.3 is 15.5 Å². The molecule has 1 saturated heterocycles. The predicted molar refractivity (Wildman–Crippen MR) is 118 cm³/mol. The number of hydrogen-bond acceptors (Lipinski definition) is 3. The highest BCUT2D eigenvalue weighted by Gasteiger charge is 2.27. The predicted octanol–water partition coefficient (Wildman–Crippen LogP) is 4.11. The summed E-state index contributed by atoms with van der Waals surface area (Å²) in [7, 11) is 0. The molecule has 0 aromatic heterocycles. The minimum absolute atomic E-state index is 0.0967. The van der Waals surface area contributed by atoms with Crippen molar-refractivity contribution in [3.8, 4) is 0 Å². The Hall–Kier alpha value is -2.86. The van der Waals surface area contributed by atoms with Crippen LogP contribution in [0, 0.1) is 5.92 Å². The molecule has 2 aromatic rings. The summed E-state index contributed by atoms with van der Waals surface area (Å²) < 4.78 is 0. The van der Waals surface area contributed by atoms with Gasteiger partial charge in [0.25, 0.3) is 0 Å². The molecule has 0 aliphatic carbocycles. The molecule has 1 fully saturated rings. The van der Waals surface area contributed by atoms with Crippen molar-refractivity contribution >= 4 is 40.7 Å². The lowest BCUT2D eigenvalue weighted by Gasteiger charge is -2.31. The lowest BCUT2D eigenvalue weighted by atomic mass is 9.95. The zero-order valence-corrected chi connectivity index (χ0v) is 17.7. The second kappa shape index (κ2) is 10.3. The van der Waals surface area contributed by atoms with Crippen LogP contribution >= 0.6 is 11.6 Å². The molecule has 3 rings (SSSR count). The Balaban J connectivity index is 1.47. The first-order chi connectivity index (χ1) is 14.4. The maximum Gasteiger partial charge on any atom is 0.227 e. The molecule has 0 spiro atoms. The van der Waals surface area contributed by atoms with Crippen molar-refractivity contribution in [3.05, 3.63) is 59.1 Å². The number of benzene rings is 2. The van der Waals surface area contributed by atoms with Gasteiger partial charge in [-0.25, -0.2) is 0 Å². The molecule has 3 amide bonds. The van der Waals surface area contributed by atoms with Gasteiger partial charge in [-0.05, 0) is 43.0 Å². The molecular weight excluding hydrogens is 402 g/mol. The number of nitrogens with zero attached hydrogens (tertiary/aromatic N) is 1. The van der Waals surface area contributed by atoms with E-state index in [0.717, 1.165) is 12.0 Å². The number of rotatable bonds is 6. The molecule has 2 N–H and O–H groups in total. The summed E-state index contributed by atoms with van der Waals surface area (Å²) in [6, 6.07) is 14.9. The Kier molecular flexibility index (Phi) is 7.46. The average Bonchev–Trinajstić information content (AvgIpc) is 2.74. The zero-order chi connectivity index (χ0) is 21.5. The van der Waals surface area contributed by atoms with Crippen LogP contribution in [0.25, 0.3) is 0 Å². The van der Waals surface area contributed by atoms with Crippen molar-refractivity contribution in [2.45, 2.75) is 32.6 Å². The van der Waals surface area contributed by atoms with Gasteiger partial charge in [0, 0.05) is 38.0 Å². The second-order valence-electron chi connectivity index (χ2n) is 7.51. The molecule has 7 heteroatoms. The summed E-state index contributed by atoms with van der Waals surface area (Å²) in [5, 5.41) is 5.88. The Morgan fingerprint density at radius 1 is 1.03 bits per heavy atom. The van der Waals surface area contributed by atoms with E-state index < -0.39 is 0 Å². The topological polar surface area (TPSA) is 78.5 Å². The highest BCUT2D eigenvalue weighted by atomic mass is 35.5. The average molecular weight is 428 g/mol. The summed E-state index contributed by atoms with van der Waals surface area (Å²) in [6.07, 6.45) is 2.47. The quantitative estimate of drug-likeness (QED) is 0.728. The van der Waals surface area contributed by atoms with Gasteiger partial charge in [0.1, 0.15) is 0 Å². The Morgan fingerprint density at radius 3 is 2.37 bits per heavy atom. The van der Waals surface area contributed by atoms with Crippen molar-refractivity contribution < 1.29 is 14.4 Å². The fourth-order valence-electron chi connectivity index (χ4n) is 3.58. The van der Waals surface area contributed by atoms with Gasteiger partial charge in [-0.15, -0.1) is 0 Å². The van der Waals surface area contributed by atoms with Crippen LogP contribution in [0.15, 0.2) is 48.5 Å². The fourth-order valence-corrected chi connectivity index (χ4v) is 3.81. The van der Waals surface area contributed by atoms with Crippen LogP contribution in [0.3, 0.4) is 0 Å². The summed E-state index contributed by atoms with van der Waals surface area (Å²) in [4.78, 5) is 38.1. The molecule has 30 heavy (non-hydrogen) atoms.